The van der Waals surface area contributed by atoms with Crippen molar-refractivity contribution < 1.29 is 0 Å². The molecule has 2 fully saturated rings. The minimum absolute atomic E-state index is 0.526. The molecule has 18 heavy (non-hydrogen) atoms. The highest BCUT2D eigenvalue weighted by molar-refractivity contribution is 7.99. The van der Waals surface area contributed by atoms with Crippen LogP contribution in [0.15, 0.2) is 6.07 Å². The van der Waals surface area contributed by atoms with Crippen LogP contribution in [0.4, 0.5) is 5.82 Å². The molecule has 98 valence electrons. The van der Waals surface area contributed by atoms with Gasteiger partial charge in [-0.25, -0.2) is 9.97 Å². The van der Waals surface area contributed by atoms with Crippen molar-refractivity contribution in [3.05, 3.63) is 17.0 Å². The van der Waals surface area contributed by atoms with Gasteiger partial charge >= 0.3 is 0 Å². The van der Waals surface area contributed by atoms with Crippen molar-refractivity contribution in [1.29, 1.82) is 0 Å². The van der Waals surface area contributed by atoms with Crippen LogP contribution in [0, 0.1) is 0 Å². The van der Waals surface area contributed by atoms with Crippen molar-refractivity contribution in [2.75, 3.05) is 11.6 Å². The maximum atomic E-state index is 6.08. The average molecular weight is 284 g/mol. The van der Waals surface area contributed by atoms with Crippen LogP contribution in [0.3, 0.4) is 0 Å². The van der Waals surface area contributed by atoms with E-state index in [-0.39, 0.29) is 0 Å². The van der Waals surface area contributed by atoms with Gasteiger partial charge in [0.05, 0.1) is 0 Å². The third-order valence-corrected chi connectivity index (χ3v) is 5.11. The fourth-order valence-electron chi connectivity index (χ4n) is 2.60. The lowest BCUT2D eigenvalue weighted by Gasteiger charge is -2.20. The van der Waals surface area contributed by atoms with E-state index in [1.54, 1.807) is 0 Å². The predicted molar refractivity (Wildman–Crippen MR) is 77.6 cm³/mol. The zero-order valence-electron chi connectivity index (χ0n) is 10.5. The van der Waals surface area contributed by atoms with Crippen molar-refractivity contribution in [3.63, 3.8) is 0 Å². The molecule has 2 unspecified atom stereocenters. The Morgan fingerprint density at radius 3 is 2.83 bits per heavy atom. The summed E-state index contributed by atoms with van der Waals surface area (Å²) in [4.78, 5) is 8.93. The summed E-state index contributed by atoms with van der Waals surface area (Å²) in [6, 6.07) is 2.38. The molecule has 0 spiro atoms. The summed E-state index contributed by atoms with van der Waals surface area (Å²) in [5.74, 6) is 2.37. The zero-order valence-corrected chi connectivity index (χ0v) is 12.1. The van der Waals surface area contributed by atoms with Gasteiger partial charge in [0.2, 0.25) is 0 Å². The number of halogens is 1. The average Bonchev–Trinajstić information content (AvgIpc) is 3.10. The minimum Gasteiger partial charge on any atom is -0.366 e. The summed E-state index contributed by atoms with van der Waals surface area (Å²) >= 11 is 8.03. The number of rotatable bonds is 4. The number of nitrogens with zero attached hydrogens (tertiary/aromatic N) is 2. The van der Waals surface area contributed by atoms with Gasteiger partial charge in [0.1, 0.15) is 16.8 Å². The summed E-state index contributed by atoms with van der Waals surface area (Å²) in [5.41, 5.74) is 0. The standard InChI is InChI=1S/C13H18ClN3S/c1-18-10-4-2-3-9(10)15-12-7-11(14)16-13(17-12)8-5-6-8/h7-10H,2-6H2,1H3,(H,15,16,17). The van der Waals surface area contributed by atoms with Crippen LogP contribution in [0.1, 0.15) is 43.8 Å². The van der Waals surface area contributed by atoms with Crippen LogP contribution in [0.25, 0.3) is 0 Å². The summed E-state index contributed by atoms with van der Waals surface area (Å²) in [5, 5.41) is 4.81. The molecule has 0 radical (unpaired) electrons. The Balaban J connectivity index is 1.75. The number of hydrogen-bond acceptors (Lipinski definition) is 4. The van der Waals surface area contributed by atoms with Gasteiger partial charge < -0.3 is 5.32 Å². The molecular formula is C13H18ClN3S. The van der Waals surface area contributed by atoms with E-state index in [1.165, 1.54) is 32.1 Å². The highest BCUT2D eigenvalue weighted by Crippen LogP contribution is 2.39. The smallest absolute Gasteiger partial charge is 0.135 e. The Labute approximate surface area is 117 Å². The molecular weight excluding hydrogens is 266 g/mol. The maximum absolute atomic E-state index is 6.08. The first-order valence-corrected chi connectivity index (χ1v) is 8.26. The first-order chi connectivity index (χ1) is 8.76. The van der Waals surface area contributed by atoms with Crippen molar-refractivity contribution in [2.45, 2.75) is 49.3 Å². The molecule has 2 aliphatic rings. The minimum atomic E-state index is 0.526. The molecule has 3 nitrogen and oxygen atoms in total. The molecule has 1 N–H and O–H groups in total. The van der Waals surface area contributed by atoms with Gasteiger partial charge in [-0.2, -0.15) is 11.8 Å². The molecule has 1 aromatic rings. The quantitative estimate of drug-likeness (QED) is 0.855. The van der Waals surface area contributed by atoms with Gasteiger partial charge in [-0.1, -0.05) is 18.0 Å². The van der Waals surface area contributed by atoms with Gasteiger partial charge in [0.15, 0.2) is 0 Å². The Hall–Kier alpha value is -0.480. The normalized spacial score (nSPS) is 27.4. The summed E-state index contributed by atoms with van der Waals surface area (Å²) < 4.78 is 0. The van der Waals surface area contributed by atoms with E-state index in [9.17, 15) is 0 Å². The number of aromatic nitrogens is 2. The zero-order chi connectivity index (χ0) is 12.5. The molecule has 1 heterocycles. The second kappa shape index (κ2) is 5.25. The largest absolute Gasteiger partial charge is 0.366 e. The monoisotopic (exact) mass is 283 g/mol. The van der Waals surface area contributed by atoms with E-state index < -0.39 is 0 Å². The third-order valence-electron chi connectivity index (χ3n) is 3.74. The molecule has 2 aliphatic carbocycles. The Morgan fingerprint density at radius 2 is 2.11 bits per heavy atom. The van der Waals surface area contributed by atoms with Crippen molar-refractivity contribution in [3.8, 4) is 0 Å². The van der Waals surface area contributed by atoms with Gasteiger partial charge in [0, 0.05) is 23.3 Å². The van der Waals surface area contributed by atoms with Crippen molar-refractivity contribution in [1.82, 2.24) is 9.97 Å². The topological polar surface area (TPSA) is 37.8 Å². The van der Waals surface area contributed by atoms with Crippen LogP contribution in [0.5, 0.6) is 0 Å². The summed E-state index contributed by atoms with van der Waals surface area (Å²) in [6.07, 6.45) is 8.43. The predicted octanol–water partition coefficient (Wildman–Crippen LogP) is 3.70. The van der Waals surface area contributed by atoms with E-state index in [0.717, 1.165) is 11.6 Å². The maximum Gasteiger partial charge on any atom is 0.135 e. The molecule has 5 heteroatoms. The SMILES string of the molecule is CSC1CCCC1Nc1cc(Cl)nc(C2CC2)n1. The van der Waals surface area contributed by atoms with Crippen LogP contribution >= 0.6 is 23.4 Å². The molecule has 0 saturated heterocycles. The Bertz CT molecular complexity index is 436. The van der Waals surface area contributed by atoms with Gasteiger partial charge in [-0.05, 0) is 31.9 Å². The molecule has 0 amide bonds. The fraction of sp³-hybridized carbons (Fsp3) is 0.692. The number of hydrogen-bond donors (Lipinski definition) is 1. The first kappa shape index (κ1) is 12.5. The molecule has 1 aromatic heterocycles. The molecule has 3 rings (SSSR count). The highest BCUT2D eigenvalue weighted by atomic mass is 35.5. The fourth-order valence-corrected chi connectivity index (χ4v) is 3.72. The van der Waals surface area contributed by atoms with Crippen LogP contribution in [-0.2, 0) is 0 Å². The lowest BCUT2D eigenvalue weighted by Crippen LogP contribution is -2.26. The lowest BCUT2D eigenvalue weighted by atomic mass is 10.2. The third kappa shape index (κ3) is 2.75. The molecule has 0 aliphatic heterocycles. The van der Waals surface area contributed by atoms with Gasteiger partial charge in [-0.15, -0.1) is 0 Å². The van der Waals surface area contributed by atoms with Crippen LogP contribution < -0.4 is 5.32 Å². The first-order valence-electron chi connectivity index (χ1n) is 6.60. The summed E-state index contributed by atoms with van der Waals surface area (Å²) in [7, 11) is 0. The number of thioether (sulfide) groups is 1. The van der Waals surface area contributed by atoms with Crippen molar-refractivity contribution >= 4 is 29.2 Å². The highest BCUT2D eigenvalue weighted by Gasteiger charge is 2.29. The van der Waals surface area contributed by atoms with Crippen molar-refractivity contribution in [2.24, 2.45) is 0 Å². The van der Waals surface area contributed by atoms with E-state index in [1.807, 2.05) is 17.8 Å². The second-order valence-electron chi connectivity index (χ2n) is 5.16. The van der Waals surface area contributed by atoms with Crippen LogP contribution in [-0.4, -0.2) is 27.5 Å². The molecule has 2 atom stereocenters. The van der Waals surface area contributed by atoms with Crippen LogP contribution in [0.2, 0.25) is 5.15 Å². The Kier molecular flexibility index (Phi) is 3.66. The lowest BCUT2D eigenvalue weighted by molar-refractivity contribution is 0.759. The van der Waals surface area contributed by atoms with E-state index in [2.05, 4.69) is 21.5 Å². The molecule has 0 bridgehead atoms. The summed E-state index contributed by atoms with van der Waals surface area (Å²) in [6.45, 7) is 0. The van der Waals surface area contributed by atoms with E-state index in [0.29, 0.717) is 22.4 Å². The second-order valence-corrected chi connectivity index (χ2v) is 6.63. The van der Waals surface area contributed by atoms with E-state index >= 15 is 0 Å². The molecule has 0 aromatic carbocycles. The molecule has 2 saturated carbocycles. The number of anilines is 1. The van der Waals surface area contributed by atoms with Gasteiger partial charge in [-0.3, -0.25) is 0 Å². The Morgan fingerprint density at radius 1 is 1.28 bits per heavy atom. The number of nitrogens with one attached hydrogen (secondary N) is 1. The van der Waals surface area contributed by atoms with E-state index in [4.69, 9.17) is 11.6 Å². The van der Waals surface area contributed by atoms with Gasteiger partial charge in [0.25, 0.3) is 0 Å².